The number of benzene rings is 1. The SMILES string of the molecule is Fc1cccc(-c2nccc3c2nc(C(F)(F)F)n3CC(F)F)c1. The molecule has 1 aromatic carbocycles. The molecular formula is C15H9F6N3. The third-order valence-corrected chi connectivity index (χ3v) is 3.34. The van der Waals surface area contributed by atoms with E-state index in [0.717, 1.165) is 6.07 Å². The summed E-state index contributed by atoms with van der Waals surface area (Å²) in [5, 5.41) is 0. The Morgan fingerprint density at radius 1 is 1.12 bits per heavy atom. The molecule has 0 aliphatic carbocycles. The molecule has 2 heterocycles. The number of fused-ring (bicyclic) bond motifs is 1. The van der Waals surface area contributed by atoms with Crippen molar-refractivity contribution < 1.29 is 26.3 Å². The minimum absolute atomic E-state index is 0.00878. The number of rotatable bonds is 3. The van der Waals surface area contributed by atoms with Gasteiger partial charge in [-0.15, -0.1) is 0 Å². The van der Waals surface area contributed by atoms with E-state index in [-0.39, 0.29) is 22.3 Å². The molecule has 0 aliphatic rings. The highest BCUT2D eigenvalue weighted by Crippen LogP contribution is 2.34. The average molecular weight is 345 g/mol. The Balaban J connectivity index is 2.29. The molecule has 0 saturated carbocycles. The number of hydrogen-bond acceptors (Lipinski definition) is 2. The Kier molecular flexibility index (Phi) is 3.94. The molecule has 24 heavy (non-hydrogen) atoms. The lowest BCUT2D eigenvalue weighted by Gasteiger charge is -2.10. The van der Waals surface area contributed by atoms with Crippen molar-refractivity contribution in [2.45, 2.75) is 19.1 Å². The third kappa shape index (κ3) is 2.93. The second-order valence-electron chi connectivity index (χ2n) is 4.97. The molecular weight excluding hydrogens is 336 g/mol. The van der Waals surface area contributed by atoms with Crippen LogP contribution in [0.4, 0.5) is 26.3 Å². The topological polar surface area (TPSA) is 30.7 Å². The highest BCUT2D eigenvalue weighted by molar-refractivity contribution is 5.90. The largest absolute Gasteiger partial charge is 0.449 e. The van der Waals surface area contributed by atoms with Crippen molar-refractivity contribution in [1.82, 2.24) is 14.5 Å². The average Bonchev–Trinajstić information content (AvgIpc) is 2.85. The first kappa shape index (κ1) is 16.3. The predicted molar refractivity (Wildman–Crippen MR) is 73.9 cm³/mol. The predicted octanol–water partition coefficient (Wildman–Crippen LogP) is 4.52. The second-order valence-corrected chi connectivity index (χ2v) is 4.97. The summed E-state index contributed by atoms with van der Waals surface area (Å²) < 4.78 is 78.5. The summed E-state index contributed by atoms with van der Waals surface area (Å²) in [7, 11) is 0. The molecule has 126 valence electrons. The third-order valence-electron chi connectivity index (χ3n) is 3.34. The van der Waals surface area contributed by atoms with Crippen LogP contribution in [0.5, 0.6) is 0 Å². The summed E-state index contributed by atoms with van der Waals surface area (Å²) >= 11 is 0. The molecule has 0 aliphatic heterocycles. The summed E-state index contributed by atoms with van der Waals surface area (Å²) in [6, 6.07) is 6.24. The lowest BCUT2D eigenvalue weighted by Crippen LogP contribution is -2.17. The van der Waals surface area contributed by atoms with Crippen LogP contribution in [-0.4, -0.2) is 21.0 Å². The van der Waals surface area contributed by atoms with Crippen molar-refractivity contribution in [3.63, 3.8) is 0 Å². The minimum Gasteiger partial charge on any atom is -0.314 e. The summed E-state index contributed by atoms with van der Waals surface area (Å²) in [5.74, 6) is -2.04. The van der Waals surface area contributed by atoms with Crippen LogP contribution in [0.15, 0.2) is 36.5 Å². The van der Waals surface area contributed by atoms with Crippen LogP contribution >= 0.6 is 0 Å². The normalized spacial score (nSPS) is 12.3. The second kappa shape index (κ2) is 5.81. The fourth-order valence-electron chi connectivity index (χ4n) is 2.44. The van der Waals surface area contributed by atoms with Gasteiger partial charge in [0.1, 0.15) is 11.3 Å². The maximum absolute atomic E-state index is 13.4. The van der Waals surface area contributed by atoms with E-state index in [9.17, 15) is 26.3 Å². The van der Waals surface area contributed by atoms with Gasteiger partial charge >= 0.3 is 6.18 Å². The number of halogens is 6. The number of alkyl halides is 5. The molecule has 0 unspecified atom stereocenters. The molecule has 3 nitrogen and oxygen atoms in total. The Labute approximate surface area is 131 Å². The van der Waals surface area contributed by atoms with Gasteiger partial charge < -0.3 is 4.57 Å². The molecule has 0 amide bonds. The van der Waals surface area contributed by atoms with E-state index in [0.29, 0.717) is 4.57 Å². The fourth-order valence-corrected chi connectivity index (χ4v) is 2.44. The monoisotopic (exact) mass is 345 g/mol. The van der Waals surface area contributed by atoms with Crippen molar-refractivity contribution in [1.29, 1.82) is 0 Å². The molecule has 0 fully saturated rings. The molecule has 0 spiro atoms. The Bertz CT molecular complexity index is 885. The van der Waals surface area contributed by atoms with Crippen LogP contribution < -0.4 is 0 Å². The van der Waals surface area contributed by atoms with Crippen LogP contribution in [0.1, 0.15) is 5.82 Å². The van der Waals surface area contributed by atoms with Crippen molar-refractivity contribution in [2.75, 3.05) is 0 Å². The van der Waals surface area contributed by atoms with Crippen LogP contribution in [0.3, 0.4) is 0 Å². The molecule has 0 N–H and O–H groups in total. The van der Waals surface area contributed by atoms with Gasteiger partial charge in [-0.3, -0.25) is 4.98 Å². The van der Waals surface area contributed by atoms with E-state index >= 15 is 0 Å². The zero-order valence-corrected chi connectivity index (χ0v) is 11.9. The zero-order valence-electron chi connectivity index (χ0n) is 11.9. The van der Waals surface area contributed by atoms with E-state index in [4.69, 9.17) is 0 Å². The fraction of sp³-hybridized carbons (Fsp3) is 0.200. The van der Waals surface area contributed by atoms with Crippen LogP contribution in [0.2, 0.25) is 0 Å². The van der Waals surface area contributed by atoms with Gasteiger partial charge in [-0.2, -0.15) is 13.2 Å². The number of hydrogen-bond donors (Lipinski definition) is 0. The molecule has 3 rings (SSSR count). The van der Waals surface area contributed by atoms with Gasteiger partial charge in [0.25, 0.3) is 6.43 Å². The van der Waals surface area contributed by atoms with Gasteiger partial charge in [-0.1, -0.05) is 12.1 Å². The number of pyridine rings is 1. The standard InChI is InChI=1S/C15H9F6N3/c16-9-3-1-2-8(6-9)12-13-10(4-5-22-12)24(7-11(17)18)14(23-13)15(19,20)21/h1-6,11H,7H2. The van der Waals surface area contributed by atoms with Gasteiger partial charge in [-0.25, -0.2) is 18.2 Å². The number of aromatic nitrogens is 3. The minimum atomic E-state index is -4.91. The van der Waals surface area contributed by atoms with E-state index in [2.05, 4.69) is 9.97 Å². The van der Waals surface area contributed by atoms with Crippen LogP contribution in [-0.2, 0) is 12.7 Å². The summed E-state index contributed by atoms with van der Waals surface area (Å²) in [6.45, 7) is -1.15. The van der Waals surface area contributed by atoms with Gasteiger partial charge in [0.05, 0.1) is 17.8 Å². The first-order chi connectivity index (χ1) is 11.3. The molecule has 0 atom stereocenters. The maximum atomic E-state index is 13.4. The molecule has 0 bridgehead atoms. The first-order valence-electron chi connectivity index (χ1n) is 6.74. The molecule has 2 aromatic heterocycles. The van der Waals surface area contributed by atoms with Gasteiger partial charge in [0.15, 0.2) is 0 Å². The Morgan fingerprint density at radius 3 is 2.50 bits per heavy atom. The first-order valence-corrected chi connectivity index (χ1v) is 6.74. The smallest absolute Gasteiger partial charge is 0.314 e. The van der Waals surface area contributed by atoms with Crippen molar-refractivity contribution >= 4 is 11.0 Å². The molecule has 9 heteroatoms. The lowest BCUT2D eigenvalue weighted by atomic mass is 10.1. The summed E-state index contributed by atoms with van der Waals surface area (Å²) in [5.41, 5.74) is -0.158. The quantitative estimate of drug-likeness (QED) is 0.654. The van der Waals surface area contributed by atoms with Crippen LogP contribution in [0.25, 0.3) is 22.3 Å². The van der Waals surface area contributed by atoms with Crippen molar-refractivity contribution in [3.05, 3.63) is 48.2 Å². The number of nitrogens with zero attached hydrogens (tertiary/aromatic N) is 3. The number of imidazole rings is 1. The Hall–Kier alpha value is -2.58. The van der Waals surface area contributed by atoms with E-state index in [1.807, 2.05) is 0 Å². The highest BCUT2D eigenvalue weighted by Gasteiger charge is 2.38. The molecule has 0 saturated heterocycles. The van der Waals surface area contributed by atoms with Gasteiger partial charge in [0.2, 0.25) is 5.82 Å². The summed E-state index contributed by atoms with van der Waals surface area (Å²) in [4.78, 5) is 7.40. The maximum Gasteiger partial charge on any atom is 0.449 e. The zero-order chi connectivity index (χ0) is 17.5. The van der Waals surface area contributed by atoms with Crippen LogP contribution in [0, 0.1) is 5.82 Å². The van der Waals surface area contributed by atoms with Gasteiger partial charge in [-0.05, 0) is 18.2 Å². The van der Waals surface area contributed by atoms with Crippen molar-refractivity contribution in [3.8, 4) is 11.3 Å². The molecule has 0 radical (unpaired) electrons. The highest BCUT2D eigenvalue weighted by atomic mass is 19.4. The van der Waals surface area contributed by atoms with E-state index < -0.39 is 30.8 Å². The molecule has 3 aromatic rings. The van der Waals surface area contributed by atoms with E-state index in [1.54, 1.807) is 0 Å². The van der Waals surface area contributed by atoms with Gasteiger partial charge in [0, 0.05) is 11.8 Å². The Morgan fingerprint density at radius 2 is 1.88 bits per heavy atom. The lowest BCUT2D eigenvalue weighted by molar-refractivity contribution is -0.147. The van der Waals surface area contributed by atoms with Crippen molar-refractivity contribution in [2.24, 2.45) is 0 Å². The summed E-state index contributed by atoms with van der Waals surface area (Å²) in [6.07, 6.45) is -6.73. The van der Waals surface area contributed by atoms with E-state index in [1.165, 1.54) is 30.5 Å².